The molecule has 0 spiro atoms. The molecule has 0 radical (unpaired) electrons. The van der Waals surface area contributed by atoms with Gasteiger partial charge in [0.25, 0.3) is 0 Å². The minimum Gasteiger partial charge on any atom is -0.453 e. The highest BCUT2D eigenvalue weighted by Gasteiger charge is 2.77. The van der Waals surface area contributed by atoms with Crippen molar-refractivity contribution >= 4 is 35.2 Å². The molecule has 2 N–H and O–H groups in total. The molecule has 1 fully saturated rings. The summed E-state index contributed by atoms with van der Waals surface area (Å²) >= 11 is 6.24. The fourth-order valence-corrected chi connectivity index (χ4v) is 5.54. The summed E-state index contributed by atoms with van der Waals surface area (Å²) in [5.74, 6) is -1.47. The number of anilines is 1. The van der Waals surface area contributed by atoms with Crippen LogP contribution in [-0.4, -0.2) is 69.2 Å². The minimum absolute atomic E-state index is 0.0981. The number of esters is 1. The predicted octanol–water partition coefficient (Wildman–Crippen LogP) is 3.85. The second-order valence-electron chi connectivity index (χ2n) is 10.3. The molecule has 3 amide bonds. The van der Waals surface area contributed by atoms with Crippen molar-refractivity contribution in [1.82, 2.24) is 9.96 Å². The van der Waals surface area contributed by atoms with Crippen LogP contribution >= 0.6 is 11.6 Å². The minimum atomic E-state index is -1.25. The van der Waals surface area contributed by atoms with Crippen LogP contribution in [0.25, 0.3) is 0 Å². The molecule has 1 aromatic carbocycles. The van der Waals surface area contributed by atoms with Crippen molar-refractivity contribution in [3.63, 3.8) is 0 Å². The van der Waals surface area contributed by atoms with Crippen LogP contribution in [-0.2, 0) is 25.8 Å². The van der Waals surface area contributed by atoms with E-state index in [9.17, 15) is 19.5 Å². The third-order valence-corrected chi connectivity index (χ3v) is 8.44. The van der Waals surface area contributed by atoms with Gasteiger partial charge in [-0.2, -0.15) is 5.06 Å². The monoisotopic (exact) mass is 521 g/mol. The lowest BCUT2D eigenvalue weighted by Gasteiger charge is -2.41. The Labute approximate surface area is 217 Å². The lowest BCUT2D eigenvalue weighted by atomic mass is 9.76. The summed E-state index contributed by atoms with van der Waals surface area (Å²) in [7, 11) is 3.21. The van der Waals surface area contributed by atoms with E-state index in [1.165, 1.54) is 9.96 Å². The molecule has 198 valence electrons. The molecular weight excluding hydrogens is 486 g/mol. The fourth-order valence-electron chi connectivity index (χ4n) is 5.08. The van der Waals surface area contributed by atoms with Gasteiger partial charge in [0.05, 0.1) is 12.5 Å². The Hall–Kier alpha value is -2.62. The SMILES string of the molecule is CC1=C(C)C2(C)N(C(=O)Nc3ccc(CO)cc3)OC1(C)C2(C)OC(=O)C(C)CC(Cl)C(=O)N(C)C. The van der Waals surface area contributed by atoms with E-state index in [-0.39, 0.29) is 18.9 Å². The number of benzene rings is 1. The van der Waals surface area contributed by atoms with Crippen molar-refractivity contribution in [3.05, 3.63) is 41.0 Å². The third-order valence-electron chi connectivity index (χ3n) is 8.08. The van der Waals surface area contributed by atoms with Gasteiger partial charge in [-0.1, -0.05) is 19.1 Å². The Bertz CT molecular complexity index is 1090. The van der Waals surface area contributed by atoms with Crippen molar-refractivity contribution < 1.29 is 29.1 Å². The van der Waals surface area contributed by atoms with Crippen LogP contribution < -0.4 is 5.32 Å². The van der Waals surface area contributed by atoms with Crippen molar-refractivity contribution in [3.8, 4) is 0 Å². The van der Waals surface area contributed by atoms with E-state index in [1.807, 2.05) is 20.8 Å². The number of nitrogens with zero attached hydrogens (tertiary/aromatic N) is 2. The summed E-state index contributed by atoms with van der Waals surface area (Å²) in [5.41, 5.74) is -0.453. The maximum absolute atomic E-state index is 13.4. The van der Waals surface area contributed by atoms with Gasteiger partial charge in [-0.25, -0.2) is 4.79 Å². The molecular formula is C26H36ClN3O6. The summed E-state index contributed by atoms with van der Waals surface area (Å²) in [4.78, 5) is 46.4. The number of urea groups is 1. The molecule has 2 bridgehead atoms. The largest absolute Gasteiger partial charge is 0.453 e. The highest BCUT2D eigenvalue weighted by atomic mass is 35.5. The molecule has 2 aliphatic rings. The summed E-state index contributed by atoms with van der Waals surface area (Å²) in [5, 5.41) is 12.5. The number of alkyl halides is 1. The number of amides is 3. The van der Waals surface area contributed by atoms with Gasteiger partial charge >= 0.3 is 12.0 Å². The fraction of sp³-hybridized carbons (Fsp3) is 0.577. The average Bonchev–Trinajstić information content (AvgIpc) is 3.07. The first-order valence-corrected chi connectivity index (χ1v) is 12.3. The van der Waals surface area contributed by atoms with Gasteiger partial charge in [-0.15, -0.1) is 11.6 Å². The second-order valence-corrected chi connectivity index (χ2v) is 10.8. The van der Waals surface area contributed by atoms with Crippen LogP contribution in [0.2, 0.25) is 0 Å². The number of nitrogens with one attached hydrogen (secondary N) is 1. The number of ether oxygens (including phenoxy) is 1. The summed E-state index contributed by atoms with van der Waals surface area (Å²) in [6.45, 7) is 10.8. The van der Waals surface area contributed by atoms with Gasteiger partial charge in [0.15, 0.2) is 11.2 Å². The van der Waals surface area contributed by atoms with Crippen LogP contribution in [0.4, 0.5) is 10.5 Å². The third kappa shape index (κ3) is 4.17. The van der Waals surface area contributed by atoms with E-state index in [4.69, 9.17) is 21.2 Å². The number of aliphatic hydroxyl groups excluding tert-OH is 1. The van der Waals surface area contributed by atoms with E-state index >= 15 is 0 Å². The topological polar surface area (TPSA) is 108 Å². The molecule has 36 heavy (non-hydrogen) atoms. The Balaban J connectivity index is 1.85. The number of carbonyl (C=O) groups excluding carboxylic acids is 3. The quantitative estimate of drug-likeness (QED) is 0.320. The first-order chi connectivity index (χ1) is 16.6. The molecule has 1 saturated heterocycles. The van der Waals surface area contributed by atoms with Gasteiger partial charge in [-0.05, 0) is 69.9 Å². The number of hydrogen-bond acceptors (Lipinski definition) is 6. The maximum atomic E-state index is 13.4. The number of aliphatic hydroxyl groups is 1. The molecule has 3 rings (SSSR count). The Kier molecular flexibility index (Phi) is 7.52. The van der Waals surface area contributed by atoms with Crippen molar-refractivity contribution in [1.29, 1.82) is 0 Å². The van der Waals surface area contributed by atoms with Crippen molar-refractivity contribution in [2.75, 3.05) is 19.4 Å². The summed E-state index contributed by atoms with van der Waals surface area (Å²) in [6.07, 6.45) is 0.112. The van der Waals surface area contributed by atoms with Gasteiger partial charge < -0.3 is 20.1 Å². The predicted molar refractivity (Wildman–Crippen MR) is 136 cm³/mol. The number of rotatable bonds is 7. The zero-order valence-corrected chi connectivity index (χ0v) is 22.9. The average molecular weight is 522 g/mol. The van der Waals surface area contributed by atoms with Crippen LogP contribution in [0, 0.1) is 5.92 Å². The number of carbonyl (C=O) groups is 3. The first kappa shape index (κ1) is 28.0. The molecule has 10 heteroatoms. The Morgan fingerprint density at radius 3 is 2.25 bits per heavy atom. The number of hydroxylamine groups is 2. The molecule has 0 aromatic heterocycles. The zero-order chi connectivity index (χ0) is 27.2. The molecule has 1 aromatic rings. The first-order valence-electron chi connectivity index (χ1n) is 11.9. The maximum Gasteiger partial charge on any atom is 0.346 e. The zero-order valence-electron chi connectivity index (χ0n) is 22.1. The van der Waals surface area contributed by atoms with Gasteiger partial charge in [0, 0.05) is 19.8 Å². The number of halogens is 1. The highest BCUT2D eigenvalue weighted by Crippen LogP contribution is 2.62. The van der Waals surface area contributed by atoms with Crippen LogP contribution in [0.15, 0.2) is 35.4 Å². The van der Waals surface area contributed by atoms with Crippen molar-refractivity contribution in [2.24, 2.45) is 5.92 Å². The van der Waals surface area contributed by atoms with E-state index in [0.29, 0.717) is 5.69 Å². The molecule has 1 aliphatic heterocycles. The van der Waals surface area contributed by atoms with E-state index in [2.05, 4.69) is 5.32 Å². The summed E-state index contributed by atoms with van der Waals surface area (Å²) < 4.78 is 6.16. The number of fused-ring (bicyclic) bond motifs is 2. The van der Waals surface area contributed by atoms with E-state index < -0.39 is 40.0 Å². The Morgan fingerprint density at radius 1 is 1.14 bits per heavy atom. The summed E-state index contributed by atoms with van der Waals surface area (Å²) in [6, 6.07) is 6.28. The van der Waals surface area contributed by atoms with Crippen LogP contribution in [0.3, 0.4) is 0 Å². The molecule has 9 nitrogen and oxygen atoms in total. The van der Waals surface area contributed by atoms with Gasteiger partial charge in [0.1, 0.15) is 10.9 Å². The number of hydrogen-bond donors (Lipinski definition) is 2. The normalized spacial score (nSPS) is 28.7. The van der Waals surface area contributed by atoms with Gasteiger partial charge in [-0.3, -0.25) is 14.4 Å². The second kappa shape index (κ2) is 9.68. The molecule has 1 aliphatic carbocycles. The molecule has 0 saturated carbocycles. The molecule has 5 unspecified atom stereocenters. The standard InChI is InChI=1S/C26H36ClN3O6/c1-15(13-20(27)21(32)29(7)8)22(33)35-26(6)24(4)16(2)17(3)25(26,5)36-30(24)23(34)28-19-11-9-18(14-31)10-12-19/h9-12,15,20,31H,13-14H2,1-8H3,(H,28,34). The lowest BCUT2D eigenvalue weighted by Crippen LogP contribution is -2.60. The van der Waals surface area contributed by atoms with Gasteiger partial charge in [0.2, 0.25) is 5.91 Å². The molecule has 5 atom stereocenters. The van der Waals surface area contributed by atoms with Crippen LogP contribution in [0.5, 0.6) is 0 Å². The van der Waals surface area contributed by atoms with E-state index in [0.717, 1.165) is 16.7 Å². The lowest BCUT2D eigenvalue weighted by molar-refractivity contribution is -0.186. The molecule has 1 heterocycles. The highest BCUT2D eigenvalue weighted by molar-refractivity contribution is 6.30. The Morgan fingerprint density at radius 2 is 1.72 bits per heavy atom. The van der Waals surface area contributed by atoms with Crippen molar-refractivity contribution in [2.45, 2.75) is 76.7 Å². The van der Waals surface area contributed by atoms with E-state index in [1.54, 1.807) is 59.1 Å². The smallest absolute Gasteiger partial charge is 0.346 e. The van der Waals surface area contributed by atoms with Crippen LogP contribution in [0.1, 0.15) is 53.5 Å².